The smallest absolute Gasteiger partial charge is 0.404 e. The second-order valence-electron chi connectivity index (χ2n) is 4.85. The number of benzene rings is 1. The topological polar surface area (TPSA) is 55.8 Å². The number of anilines is 1. The van der Waals surface area contributed by atoms with E-state index in [1.165, 1.54) is 0 Å². The molecule has 0 spiro atoms. The van der Waals surface area contributed by atoms with Gasteiger partial charge in [-0.25, -0.2) is 9.18 Å². The number of hydrogen-bond donors (Lipinski definition) is 2. The molecule has 1 aliphatic rings. The van der Waals surface area contributed by atoms with Gasteiger partial charge in [-0.1, -0.05) is 11.6 Å². The Balaban J connectivity index is 2.19. The summed E-state index contributed by atoms with van der Waals surface area (Å²) in [6, 6.07) is 3.24. The van der Waals surface area contributed by atoms with Gasteiger partial charge in [0.05, 0.1) is 5.02 Å². The van der Waals surface area contributed by atoms with Crippen LogP contribution in [0.3, 0.4) is 0 Å². The molecule has 1 fully saturated rings. The highest BCUT2D eigenvalue weighted by Crippen LogP contribution is 2.27. The number of amides is 1. The van der Waals surface area contributed by atoms with Crippen molar-refractivity contribution < 1.29 is 14.3 Å². The SMILES string of the molecule is CN1CCN(c2cc(Cl)c(F)c(CNC(=O)O)c2)CC1. The highest BCUT2D eigenvalue weighted by molar-refractivity contribution is 6.31. The Kier molecular flexibility index (Phi) is 4.67. The number of nitrogens with one attached hydrogen (secondary N) is 1. The zero-order valence-corrected chi connectivity index (χ0v) is 12.0. The summed E-state index contributed by atoms with van der Waals surface area (Å²) in [6.45, 7) is 3.44. The predicted molar refractivity (Wildman–Crippen MR) is 76.0 cm³/mol. The summed E-state index contributed by atoms with van der Waals surface area (Å²) in [6.07, 6.45) is -1.19. The van der Waals surface area contributed by atoms with Gasteiger partial charge in [0.1, 0.15) is 5.82 Å². The predicted octanol–water partition coefficient (Wildman–Crippen LogP) is 2.00. The standard InChI is InChI=1S/C13H17ClFN3O2/c1-17-2-4-18(5-3-17)10-6-9(8-16-13(19)20)12(15)11(14)7-10/h6-7,16H,2-5,8H2,1H3,(H,19,20). The van der Waals surface area contributed by atoms with Crippen molar-refractivity contribution in [3.63, 3.8) is 0 Å². The van der Waals surface area contributed by atoms with Crippen molar-refractivity contribution >= 4 is 23.4 Å². The molecule has 110 valence electrons. The maximum Gasteiger partial charge on any atom is 0.404 e. The number of nitrogens with zero attached hydrogens (tertiary/aromatic N) is 2. The lowest BCUT2D eigenvalue weighted by Gasteiger charge is -2.34. The fraction of sp³-hybridized carbons (Fsp3) is 0.462. The van der Waals surface area contributed by atoms with Gasteiger partial charge < -0.3 is 20.2 Å². The van der Waals surface area contributed by atoms with Crippen molar-refractivity contribution in [2.75, 3.05) is 38.1 Å². The summed E-state index contributed by atoms with van der Waals surface area (Å²) in [7, 11) is 2.05. The van der Waals surface area contributed by atoms with Crippen LogP contribution in [0.4, 0.5) is 14.9 Å². The third-order valence-corrected chi connectivity index (χ3v) is 3.66. The molecule has 1 aromatic rings. The molecule has 0 aliphatic carbocycles. The number of rotatable bonds is 3. The minimum Gasteiger partial charge on any atom is -0.465 e. The van der Waals surface area contributed by atoms with E-state index in [9.17, 15) is 9.18 Å². The monoisotopic (exact) mass is 301 g/mol. The van der Waals surface area contributed by atoms with Gasteiger partial charge in [0.25, 0.3) is 0 Å². The lowest BCUT2D eigenvalue weighted by Crippen LogP contribution is -2.44. The van der Waals surface area contributed by atoms with E-state index in [0.29, 0.717) is 0 Å². The molecule has 1 aliphatic heterocycles. The second-order valence-corrected chi connectivity index (χ2v) is 5.26. The third-order valence-electron chi connectivity index (χ3n) is 3.39. The van der Waals surface area contributed by atoms with Crippen molar-refractivity contribution in [1.82, 2.24) is 10.2 Å². The largest absolute Gasteiger partial charge is 0.465 e. The first-order chi connectivity index (χ1) is 9.47. The van der Waals surface area contributed by atoms with E-state index in [1.807, 2.05) is 0 Å². The zero-order chi connectivity index (χ0) is 14.7. The summed E-state index contributed by atoms with van der Waals surface area (Å²) < 4.78 is 13.9. The van der Waals surface area contributed by atoms with Crippen LogP contribution in [0.25, 0.3) is 0 Å². The molecule has 0 atom stereocenters. The molecule has 5 nitrogen and oxygen atoms in total. The van der Waals surface area contributed by atoms with Gasteiger partial charge in [0, 0.05) is 44.0 Å². The number of piperazine rings is 1. The summed E-state index contributed by atoms with van der Waals surface area (Å²) >= 11 is 5.89. The molecule has 0 bridgehead atoms. The Labute approximate surface area is 121 Å². The minimum atomic E-state index is -1.19. The van der Waals surface area contributed by atoms with Crippen LogP contribution >= 0.6 is 11.6 Å². The van der Waals surface area contributed by atoms with E-state index in [1.54, 1.807) is 12.1 Å². The van der Waals surface area contributed by atoms with Crippen molar-refractivity contribution in [3.05, 3.63) is 28.5 Å². The molecule has 0 unspecified atom stereocenters. The molecule has 2 N–H and O–H groups in total. The van der Waals surface area contributed by atoms with E-state index in [2.05, 4.69) is 22.2 Å². The molecular weight excluding hydrogens is 285 g/mol. The number of likely N-dealkylation sites (N-methyl/N-ethyl adjacent to an activating group) is 1. The third kappa shape index (κ3) is 3.52. The molecule has 0 saturated carbocycles. The average molecular weight is 302 g/mol. The van der Waals surface area contributed by atoms with Crippen LogP contribution in [0, 0.1) is 5.82 Å². The van der Waals surface area contributed by atoms with Gasteiger partial charge in [0.15, 0.2) is 0 Å². The molecule has 1 saturated heterocycles. The van der Waals surface area contributed by atoms with Gasteiger partial charge >= 0.3 is 6.09 Å². The van der Waals surface area contributed by atoms with E-state index in [0.717, 1.165) is 31.9 Å². The van der Waals surface area contributed by atoms with Crippen LogP contribution < -0.4 is 10.2 Å². The van der Waals surface area contributed by atoms with Crippen LogP contribution in [0.1, 0.15) is 5.56 Å². The molecule has 1 aromatic carbocycles. The number of carboxylic acid groups (broad SMARTS) is 1. The normalized spacial score (nSPS) is 16.2. The molecule has 2 rings (SSSR count). The summed E-state index contributed by atoms with van der Waals surface area (Å²) in [5.41, 5.74) is 1.08. The van der Waals surface area contributed by atoms with Crippen LogP contribution in [0.2, 0.25) is 5.02 Å². The average Bonchev–Trinajstić information content (AvgIpc) is 2.41. The van der Waals surface area contributed by atoms with Crippen LogP contribution in [-0.4, -0.2) is 49.3 Å². The Morgan fingerprint density at radius 1 is 1.40 bits per heavy atom. The summed E-state index contributed by atoms with van der Waals surface area (Å²) in [5.74, 6) is -0.571. The second kappa shape index (κ2) is 6.28. The van der Waals surface area contributed by atoms with E-state index < -0.39 is 11.9 Å². The highest BCUT2D eigenvalue weighted by Gasteiger charge is 2.17. The minimum absolute atomic E-state index is 0.0172. The molecule has 7 heteroatoms. The van der Waals surface area contributed by atoms with Crippen molar-refractivity contribution in [2.45, 2.75) is 6.54 Å². The van der Waals surface area contributed by atoms with Gasteiger partial charge in [-0.2, -0.15) is 0 Å². The van der Waals surface area contributed by atoms with Gasteiger partial charge in [-0.15, -0.1) is 0 Å². The quantitative estimate of drug-likeness (QED) is 0.896. The first-order valence-electron chi connectivity index (χ1n) is 6.35. The van der Waals surface area contributed by atoms with Gasteiger partial charge in [-0.05, 0) is 19.2 Å². The number of hydrogen-bond acceptors (Lipinski definition) is 3. The highest BCUT2D eigenvalue weighted by atomic mass is 35.5. The molecule has 0 radical (unpaired) electrons. The van der Waals surface area contributed by atoms with E-state index in [-0.39, 0.29) is 17.1 Å². The Hall–Kier alpha value is -1.53. The van der Waals surface area contributed by atoms with Crippen molar-refractivity contribution in [3.8, 4) is 0 Å². The first-order valence-corrected chi connectivity index (χ1v) is 6.73. The lowest BCUT2D eigenvalue weighted by atomic mass is 10.1. The Morgan fingerprint density at radius 3 is 2.65 bits per heavy atom. The van der Waals surface area contributed by atoms with Crippen LogP contribution in [-0.2, 0) is 6.54 Å². The maximum absolute atomic E-state index is 13.9. The number of halogens is 2. The Morgan fingerprint density at radius 2 is 2.05 bits per heavy atom. The van der Waals surface area contributed by atoms with Crippen molar-refractivity contribution in [1.29, 1.82) is 0 Å². The van der Waals surface area contributed by atoms with Gasteiger partial charge in [-0.3, -0.25) is 0 Å². The maximum atomic E-state index is 13.9. The molecule has 1 amide bonds. The van der Waals surface area contributed by atoms with Crippen molar-refractivity contribution in [2.24, 2.45) is 0 Å². The zero-order valence-electron chi connectivity index (χ0n) is 11.2. The van der Waals surface area contributed by atoms with Crippen LogP contribution in [0.5, 0.6) is 0 Å². The fourth-order valence-corrected chi connectivity index (χ4v) is 2.41. The van der Waals surface area contributed by atoms with E-state index in [4.69, 9.17) is 16.7 Å². The summed E-state index contributed by atoms with van der Waals surface area (Å²) in [4.78, 5) is 14.8. The molecular formula is C13H17ClFN3O2. The lowest BCUT2D eigenvalue weighted by molar-refractivity contribution is 0.194. The van der Waals surface area contributed by atoms with Gasteiger partial charge in [0.2, 0.25) is 0 Å². The Bertz CT molecular complexity index is 505. The first kappa shape index (κ1) is 14.9. The molecule has 0 aromatic heterocycles. The fourth-order valence-electron chi connectivity index (χ4n) is 2.18. The number of carbonyl (C=O) groups is 1. The molecule has 20 heavy (non-hydrogen) atoms. The van der Waals surface area contributed by atoms with E-state index >= 15 is 0 Å². The molecule has 1 heterocycles. The summed E-state index contributed by atoms with van der Waals surface area (Å²) in [5, 5.41) is 10.8. The van der Waals surface area contributed by atoms with Crippen LogP contribution in [0.15, 0.2) is 12.1 Å².